The molecule has 2 aromatic carbocycles. The molecule has 0 saturated heterocycles. The van der Waals surface area contributed by atoms with Crippen LogP contribution in [0.3, 0.4) is 0 Å². The van der Waals surface area contributed by atoms with E-state index in [9.17, 15) is 4.79 Å². The van der Waals surface area contributed by atoms with E-state index >= 15 is 0 Å². The van der Waals surface area contributed by atoms with E-state index in [4.69, 9.17) is 9.47 Å². The van der Waals surface area contributed by atoms with Gasteiger partial charge in [-0.05, 0) is 11.5 Å². The fourth-order valence-electron chi connectivity index (χ4n) is 2.32. The summed E-state index contributed by atoms with van der Waals surface area (Å²) in [5, 5.41) is 2.20. The molecular weight excluding hydrogens is 228 g/mol. The first-order chi connectivity index (χ1) is 8.79. The summed E-state index contributed by atoms with van der Waals surface area (Å²) in [6.07, 6.45) is -0.140. The van der Waals surface area contributed by atoms with E-state index in [1.54, 1.807) is 7.11 Å². The van der Waals surface area contributed by atoms with Gasteiger partial charge in [-0.15, -0.1) is 0 Å². The van der Waals surface area contributed by atoms with Gasteiger partial charge in [0.1, 0.15) is 11.9 Å². The summed E-state index contributed by atoms with van der Waals surface area (Å²) < 4.78 is 11.0. The van der Waals surface area contributed by atoms with Crippen LogP contribution >= 0.6 is 0 Å². The lowest BCUT2D eigenvalue weighted by atomic mass is 9.90. The van der Waals surface area contributed by atoms with Crippen molar-refractivity contribution in [3.05, 3.63) is 42.5 Å². The number of methoxy groups -OCH3 is 1. The molecule has 3 nitrogen and oxygen atoms in total. The van der Waals surface area contributed by atoms with Crippen LogP contribution in [0.2, 0.25) is 0 Å². The highest BCUT2D eigenvalue weighted by Gasteiger charge is 2.42. The van der Waals surface area contributed by atoms with E-state index < -0.39 is 6.10 Å². The summed E-state index contributed by atoms with van der Waals surface area (Å²) >= 11 is 0. The summed E-state index contributed by atoms with van der Waals surface area (Å²) in [5.41, 5.74) is 0. The van der Waals surface area contributed by atoms with E-state index in [2.05, 4.69) is 0 Å². The number of Topliss-reactive ketones (excluding diaryl/α,β-unsaturated/α-hetero) is 1. The molecule has 0 radical (unpaired) electrons. The molecule has 1 saturated carbocycles. The van der Waals surface area contributed by atoms with Crippen LogP contribution in [0.5, 0.6) is 5.75 Å². The smallest absolute Gasteiger partial charge is 0.169 e. The number of hydrogen-bond donors (Lipinski definition) is 0. The minimum absolute atomic E-state index is 0.114. The molecule has 0 N–H and O–H groups in total. The first-order valence-electron chi connectivity index (χ1n) is 5.99. The Bertz CT molecular complexity index is 586. The minimum atomic E-state index is -0.413. The van der Waals surface area contributed by atoms with Gasteiger partial charge in [-0.3, -0.25) is 4.79 Å². The second kappa shape index (κ2) is 4.42. The first-order valence-corrected chi connectivity index (χ1v) is 5.99. The summed E-state index contributed by atoms with van der Waals surface area (Å²) in [4.78, 5) is 11.3. The standard InChI is InChI=1S/C15H14O3/c1-17-15-12(16)9-14(15)18-13-8-4-6-10-5-2-3-7-11(10)13/h2-8,14-15H,9H2,1H3. The zero-order chi connectivity index (χ0) is 12.5. The molecule has 1 aliphatic rings. The fraction of sp³-hybridized carbons (Fsp3) is 0.267. The summed E-state index contributed by atoms with van der Waals surface area (Å²) in [6, 6.07) is 14.0. The number of hydrogen-bond acceptors (Lipinski definition) is 3. The van der Waals surface area contributed by atoms with Crippen LogP contribution in [-0.2, 0) is 9.53 Å². The Morgan fingerprint density at radius 1 is 1.11 bits per heavy atom. The quantitative estimate of drug-likeness (QED) is 0.829. The number of ketones is 1. The molecule has 1 fully saturated rings. The number of carbonyl (C=O) groups excluding carboxylic acids is 1. The van der Waals surface area contributed by atoms with Crippen molar-refractivity contribution in [3.8, 4) is 5.75 Å². The molecule has 0 spiro atoms. The third-order valence-corrected chi connectivity index (χ3v) is 3.34. The normalized spacial score (nSPS) is 22.8. The third kappa shape index (κ3) is 1.77. The van der Waals surface area contributed by atoms with E-state index in [1.807, 2.05) is 42.5 Å². The third-order valence-electron chi connectivity index (χ3n) is 3.34. The van der Waals surface area contributed by atoms with Crippen LogP contribution < -0.4 is 4.74 Å². The molecule has 3 rings (SSSR count). The molecule has 0 amide bonds. The van der Waals surface area contributed by atoms with Crippen molar-refractivity contribution in [2.75, 3.05) is 7.11 Å². The van der Waals surface area contributed by atoms with Crippen molar-refractivity contribution < 1.29 is 14.3 Å². The van der Waals surface area contributed by atoms with Gasteiger partial charge in [0.25, 0.3) is 0 Å². The fourth-order valence-corrected chi connectivity index (χ4v) is 2.32. The van der Waals surface area contributed by atoms with Gasteiger partial charge in [-0.25, -0.2) is 0 Å². The molecule has 18 heavy (non-hydrogen) atoms. The average molecular weight is 242 g/mol. The molecule has 2 aromatic rings. The maximum Gasteiger partial charge on any atom is 0.169 e. The molecule has 2 atom stereocenters. The SMILES string of the molecule is COC1C(=O)CC1Oc1cccc2ccccc12. The number of benzene rings is 2. The second-order valence-corrected chi connectivity index (χ2v) is 4.46. The molecular formula is C15H14O3. The van der Waals surface area contributed by atoms with Crippen LogP contribution in [0.1, 0.15) is 6.42 Å². The maximum absolute atomic E-state index is 11.3. The summed E-state index contributed by atoms with van der Waals surface area (Å²) in [6.45, 7) is 0. The molecule has 92 valence electrons. The van der Waals surface area contributed by atoms with E-state index in [0.29, 0.717) is 6.42 Å². The topological polar surface area (TPSA) is 35.5 Å². The Morgan fingerprint density at radius 3 is 2.67 bits per heavy atom. The Morgan fingerprint density at radius 2 is 1.89 bits per heavy atom. The largest absolute Gasteiger partial charge is 0.486 e. The average Bonchev–Trinajstić information content (AvgIpc) is 2.39. The van der Waals surface area contributed by atoms with E-state index in [-0.39, 0.29) is 11.9 Å². The zero-order valence-electron chi connectivity index (χ0n) is 10.1. The molecule has 3 heteroatoms. The van der Waals surface area contributed by atoms with E-state index in [0.717, 1.165) is 16.5 Å². The van der Waals surface area contributed by atoms with Gasteiger partial charge in [-0.1, -0.05) is 36.4 Å². The van der Waals surface area contributed by atoms with Crippen molar-refractivity contribution in [1.82, 2.24) is 0 Å². The van der Waals surface area contributed by atoms with Crippen LogP contribution in [0.4, 0.5) is 0 Å². The van der Waals surface area contributed by atoms with Gasteiger partial charge in [0.15, 0.2) is 11.9 Å². The van der Waals surface area contributed by atoms with Crippen LogP contribution in [0.15, 0.2) is 42.5 Å². The summed E-state index contributed by atoms with van der Waals surface area (Å²) in [5.74, 6) is 0.926. The number of ether oxygens (including phenoxy) is 2. The lowest BCUT2D eigenvalue weighted by molar-refractivity contribution is -0.150. The van der Waals surface area contributed by atoms with Crippen LogP contribution in [0.25, 0.3) is 10.8 Å². The zero-order valence-corrected chi connectivity index (χ0v) is 10.1. The van der Waals surface area contributed by atoms with Gasteiger partial charge >= 0.3 is 0 Å². The first kappa shape index (κ1) is 11.2. The predicted molar refractivity (Wildman–Crippen MR) is 68.8 cm³/mol. The van der Waals surface area contributed by atoms with Crippen LogP contribution in [-0.4, -0.2) is 25.1 Å². The highest BCUT2D eigenvalue weighted by atomic mass is 16.5. The Balaban J connectivity index is 1.89. The molecule has 0 bridgehead atoms. The number of carbonyl (C=O) groups is 1. The maximum atomic E-state index is 11.3. The highest BCUT2D eigenvalue weighted by Crippen LogP contribution is 2.30. The van der Waals surface area contributed by atoms with Gasteiger partial charge < -0.3 is 9.47 Å². The van der Waals surface area contributed by atoms with Crippen molar-refractivity contribution in [2.24, 2.45) is 0 Å². The Kier molecular flexibility index (Phi) is 2.76. The van der Waals surface area contributed by atoms with Crippen LogP contribution in [0, 0.1) is 0 Å². The van der Waals surface area contributed by atoms with Crippen molar-refractivity contribution in [1.29, 1.82) is 0 Å². The number of fused-ring (bicyclic) bond motifs is 1. The Hall–Kier alpha value is -1.87. The molecule has 2 unspecified atom stereocenters. The van der Waals surface area contributed by atoms with Crippen molar-refractivity contribution in [3.63, 3.8) is 0 Å². The number of rotatable bonds is 3. The molecule has 1 aliphatic carbocycles. The lowest BCUT2D eigenvalue weighted by Crippen LogP contribution is -2.51. The molecule has 0 aromatic heterocycles. The second-order valence-electron chi connectivity index (χ2n) is 4.46. The highest BCUT2D eigenvalue weighted by molar-refractivity contribution is 5.91. The van der Waals surface area contributed by atoms with Gasteiger partial charge in [0.2, 0.25) is 0 Å². The molecule has 0 heterocycles. The summed E-state index contributed by atoms with van der Waals surface area (Å²) in [7, 11) is 1.54. The minimum Gasteiger partial charge on any atom is -0.486 e. The van der Waals surface area contributed by atoms with Gasteiger partial charge in [-0.2, -0.15) is 0 Å². The predicted octanol–water partition coefficient (Wildman–Crippen LogP) is 2.58. The van der Waals surface area contributed by atoms with Gasteiger partial charge in [0, 0.05) is 18.9 Å². The van der Waals surface area contributed by atoms with Gasteiger partial charge in [0.05, 0.1) is 0 Å². The van der Waals surface area contributed by atoms with E-state index in [1.165, 1.54) is 0 Å². The monoisotopic (exact) mass is 242 g/mol. The Labute approximate surface area is 105 Å². The molecule has 0 aliphatic heterocycles. The lowest BCUT2D eigenvalue weighted by Gasteiger charge is -2.33. The van der Waals surface area contributed by atoms with Crippen molar-refractivity contribution >= 4 is 16.6 Å². The van der Waals surface area contributed by atoms with Crippen molar-refractivity contribution in [2.45, 2.75) is 18.6 Å².